The van der Waals surface area contributed by atoms with Crippen LogP contribution in [-0.4, -0.2) is 16.1 Å². The number of hydrogen-bond donors (Lipinski definition) is 0. The van der Waals surface area contributed by atoms with Crippen LogP contribution in [0.1, 0.15) is 12.1 Å². The van der Waals surface area contributed by atoms with Gasteiger partial charge in [-0.25, -0.2) is 9.37 Å². The summed E-state index contributed by atoms with van der Waals surface area (Å²) in [7, 11) is 0. The van der Waals surface area contributed by atoms with Crippen LogP contribution in [0.4, 0.5) is 4.39 Å². The molecular weight excluding hydrogens is 355 g/mol. The minimum atomic E-state index is -1.09. The van der Waals surface area contributed by atoms with Gasteiger partial charge in [-0.3, -0.25) is 4.98 Å². The first kappa shape index (κ1) is 16.3. The lowest BCUT2D eigenvalue weighted by molar-refractivity contribution is 0.412. The Morgan fingerprint density at radius 3 is 2.76 bits per heavy atom. The molecular formula is C20H14ClFN2S. The number of hydrogen-bond acceptors (Lipinski definition) is 3. The Morgan fingerprint density at radius 2 is 1.92 bits per heavy atom. The van der Waals surface area contributed by atoms with Crippen LogP contribution in [0, 0.1) is 0 Å². The van der Waals surface area contributed by atoms with Gasteiger partial charge >= 0.3 is 0 Å². The quantitative estimate of drug-likeness (QED) is 0.564. The second-order valence-corrected chi connectivity index (χ2v) is 7.25. The fourth-order valence-electron chi connectivity index (χ4n) is 2.78. The van der Waals surface area contributed by atoms with E-state index in [2.05, 4.69) is 9.97 Å². The molecule has 1 atom stereocenters. The molecule has 25 heavy (non-hydrogen) atoms. The van der Waals surface area contributed by atoms with E-state index < -0.39 is 6.17 Å². The molecule has 1 unspecified atom stereocenters. The van der Waals surface area contributed by atoms with E-state index in [9.17, 15) is 4.39 Å². The Labute approximate surface area is 154 Å². The van der Waals surface area contributed by atoms with E-state index in [0.29, 0.717) is 16.3 Å². The van der Waals surface area contributed by atoms with Crippen molar-refractivity contribution in [2.24, 2.45) is 0 Å². The minimum Gasteiger partial charge on any atom is -0.265 e. The van der Waals surface area contributed by atoms with E-state index in [1.165, 1.54) is 0 Å². The molecule has 0 saturated heterocycles. The molecule has 2 nitrogen and oxygen atoms in total. The van der Waals surface area contributed by atoms with Gasteiger partial charge in [0, 0.05) is 44.6 Å². The van der Waals surface area contributed by atoms with Gasteiger partial charge in [-0.15, -0.1) is 0 Å². The molecule has 2 aromatic heterocycles. The largest absolute Gasteiger partial charge is 0.265 e. The van der Waals surface area contributed by atoms with E-state index in [4.69, 9.17) is 11.6 Å². The van der Waals surface area contributed by atoms with Crippen LogP contribution in [0.3, 0.4) is 0 Å². The third-order valence-corrected chi connectivity index (χ3v) is 5.33. The molecule has 5 heteroatoms. The molecule has 1 aromatic carbocycles. The first-order valence-corrected chi connectivity index (χ1v) is 9.09. The van der Waals surface area contributed by atoms with E-state index in [1.807, 2.05) is 42.5 Å². The number of allylic oxidation sites excluding steroid dienone is 4. The van der Waals surface area contributed by atoms with Crippen LogP contribution < -0.4 is 0 Å². The second kappa shape index (κ2) is 6.98. The molecule has 0 saturated carbocycles. The van der Waals surface area contributed by atoms with Crippen LogP contribution >= 0.6 is 23.4 Å². The molecule has 0 radical (unpaired) electrons. The van der Waals surface area contributed by atoms with Crippen molar-refractivity contribution in [3.05, 3.63) is 77.7 Å². The monoisotopic (exact) mass is 368 g/mol. The number of nitrogens with zero attached hydrogens (tertiary/aromatic N) is 2. The maximum Gasteiger partial charge on any atom is 0.131 e. The summed E-state index contributed by atoms with van der Waals surface area (Å²) in [4.78, 5) is 10.8. The molecule has 0 bridgehead atoms. The fraction of sp³-hybridized carbons (Fsp3) is 0.100. The maximum atomic E-state index is 14.4. The summed E-state index contributed by atoms with van der Waals surface area (Å²) >= 11 is 7.71. The number of alkyl halides is 1. The van der Waals surface area contributed by atoms with Crippen LogP contribution in [0.2, 0.25) is 0 Å². The zero-order chi connectivity index (χ0) is 17.2. The lowest BCUT2D eigenvalue weighted by Crippen LogP contribution is -2.08. The van der Waals surface area contributed by atoms with Gasteiger partial charge in [-0.05, 0) is 30.3 Å². The molecule has 0 amide bonds. The number of pyridine rings is 2. The van der Waals surface area contributed by atoms with Crippen LogP contribution in [0.15, 0.2) is 81.8 Å². The van der Waals surface area contributed by atoms with Gasteiger partial charge in [-0.2, -0.15) is 0 Å². The predicted molar refractivity (Wildman–Crippen MR) is 102 cm³/mol. The van der Waals surface area contributed by atoms with Gasteiger partial charge in [0.1, 0.15) is 6.17 Å². The number of para-hydroxylation sites is 1. The Morgan fingerprint density at radius 1 is 1.12 bits per heavy atom. The van der Waals surface area contributed by atoms with E-state index in [1.54, 1.807) is 36.3 Å². The Balaban J connectivity index is 1.85. The Bertz CT molecular complexity index is 985. The van der Waals surface area contributed by atoms with E-state index in [0.717, 1.165) is 20.7 Å². The van der Waals surface area contributed by atoms with Crippen LogP contribution in [0.5, 0.6) is 0 Å². The normalized spacial score (nSPS) is 17.3. The second-order valence-electron chi connectivity index (χ2n) is 5.70. The van der Waals surface area contributed by atoms with Gasteiger partial charge in [0.05, 0.1) is 11.2 Å². The third-order valence-electron chi connectivity index (χ3n) is 4.00. The fourth-order valence-corrected chi connectivity index (χ4v) is 3.96. The SMILES string of the molecule is FC1CC=C(Cl)C=C1c1cc(Sc2ccncc2)c2ccccc2n1. The topological polar surface area (TPSA) is 25.8 Å². The number of fused-ring (bicyclic) bond motifs is 1. The molecule has 2 heterocycles. The average molecular weight is 369 g/mol. The maximum absolute atomic E-state index is 14.4. The lowest BCUT2D eigenvalue weighted by atomic mass is 9.99. The highest BCUT2D eigenvalue weighted by Gasteiger charge is 2.21. The van der Waals surface area contributed by atoms with Crippen molar-refractivity contribution in [3.8, 4) is 0 Å². The highest BCUT2D eigenvalue weighted by atomic mass is 35.5. The zero-order valence-electron chi connectivity index (χ0n) is 13.2. The van der Waals surface area contributed by atoms with Crippen molar-refractivity contribution in [3.63, 3.8) is 0 Å². The van der Waals surface area contributed by atoms with Gasteiger partial charge in [0.2, 0.25) is 0 Å². The molecule has 0 fully saturated rings. The highest BCUT2D eigenvalue weighted by molar-refractivity contribution is 7.99. The Hall–Kier alpha value is -2.17. The van der Waals surface area contributed by atoms with Crippen LogP contribution in [0.25, 0.3) is 16.5 Å². The molecule has 3 aromatic rings. The average Bonchev–Trinajstić information content (AvgIpc) is 2.64. The summed E-state index contributed by atoms with van der Waals surface area (Å²) < 4.78 is 14.4. The molecule has 1 aliphatic rings. The predicted octanol–water partition coefficient (Wildman–Crippen LogP) is 6.03. The molecule has 4 rings (SSSR count). The number of aromatic nitrogens is 2. The zero-order valence-corrected chi connectivity index (χ0v) is 14.8. The summed E-state index contributed by atoms with van der Waals surface area (Å²) in [5, 5.41) is 1.60. The standard InChI is InChI=1S/C20H14ClFN2S/c21-13-5-6-17(22)16(11-13)19-12-20(25-14-7-9-23-10-8-14)15-3-1-2-4-18(15)24-19/h1-5,7-12,17H,6H2. The van der Waals surface area contributed by atoms with Gasteiger partial charge < -0.3 is 0 Å². The van der Waals surface area contributed by atoms with Crippen LogP contribution in [-0.2, 0) is 0 Å². The summed E-state index contributed by atoms with van der Waals surface area (Å²) in [5.41, 5.74) is 2.01. The number of rotatable bonds is 3. The molecule has 124 valence electrons. The lowest BCUT2D eigenvalue weighted by Gasteiger charge is -2.17. The van der Waals surface area contributed by atoms with Crippen molar-refractivity contribution >= 4 is 39.8 Å². The summed E-state index contributed by atoms with van der Waals surface area (Å²) in [6.45, 7) is 0. The van der Waals surface area contributed by atoms with Gasteiger partial charge in [0.25, 0.3) is 0 Å². The summed E-state index contributed by atoms with van der Waals surface area (Å²) in [6.07, 6.45) is 6.09. The van der Waals surface area contributed by atoms with Gasteiger partial charge in [0.15, 0.2) is 0 Å². The summed E-state index contributed by atoms with van der Waals surface area (Å²) in [5.74, 6) is 0. The molecule has 1 aliphatic carbocycles. The van der Waals surface area contributed by atoms with E-state index in [-0.39, 0.29) is 6.42 Å². The third kappa shape index (κ3) is 3.46. The van der Waals surface area contributed by atoms with Gasteiger partial charge in [-0.1, -0.05) is 47.6 Å². The van der Waals surface area contributed by atoms with Crippen molar-refractivity contribution in [2.75, 3.05) is 0 Å². The molecule has 0 spiro atoms. The summed E-state index contributed by atoms with van der Waals surface area (Å²) in [6, 6.07) is 13.8. The van der Waals surface area contributed by atoms with Crippen molar-refractivity contribution < 1.29 is 4.39 Å². The number of halogens is 2. The smallest absolute Gasteiger partial charge is 0.131 e. The molecule has 0 N–H and O–H groups in total. The Kier molecular flexibility index (Phi) is 4.55. The minimum absolute atomic E-state index is 0.284. The number of benzene rings is 1. The first-order chi connectivity index (χ1) is 12.2. The van der Waals surface area contributed by atoms with E-state index >= 15 is 0 Å². The van der Waals surface area contributed by atoms with Crippen molar-refractivity contribution in [1.82, 2.24) is 9.97 Å². The highest BCUT2D eigenvalue weighted by Crippen LogP contribution is 2.37. The molecule has 0 aliphatic heterocycles. The first-order valence-electron chi connectivity index (χ1n) is 7.90. The van der Waals surface area contributed by atoms with Crippen molar-refractivity contribution in [2.45, 2.75) is 22.4 Å². The van der Waals surface area contributed by atoms with Crippen molar-refractivity contribution in [1.29, 1.82) is 0 Å².